The lowest BCUT2D eigenvalue weighted by molar-refractivity contribution is -0.140. The molecular weight excluding hydrogens is 362 g/mol. The first-order chi connectivity index (χ1) is 13.3. The molecule has 1 unspecified atom stereocenters. The number of nitrogens with one attached hydrogen (secondary N) is 1. The van der Waals surface area contributed by atoms with E-state index in [-0.39, 0.29) is 23.6 Å². The molecule has 0 aliphatic carbocycles. The minimum atomic E-state index is -0.659. The van der Waals surface area contributed by atoms with Crippen LogP contribution in [0.3, 0.4) is 0 Å². The van der Waals surface area contributed by atoms with E-state index in [4.69, 9.17) is 9.47 Å². The Labute approximate surface area is 165 Å². The highest BCUT2D eigenvalue weighted by atomic mass is 16.5. The highest BCUT2D eigenvalue weighted by molar-refractivity contribution is 5.98. The second-order valence-electron chi connectivity index (χ2n) is 7.13. The monoisotopic (exact) mass is 391 g/mol. The Morgan fingerprint density at radius 1 is 0.929 bits per heavy atom. The van der Waals surface area contributed by atoms with Crippen LogP contribution in [-0.4, -0.2) is 74.0 Å². The summed E-state index contributed by atoms with van der Waals surface area (Å²) in [5, 5.41) is 2.84. The fourth-order valence-electron chi connectivity index (χ4n) is 3.12. The van der Waals surface area contributed by atoms with Gasteiger partial charge in [0.25, 0.3) is 5.91 Å². The smallest absolute Gasteiger partial charge is 0.252 e. The van der Waals surface area contributed by atoms with E-state index in [2.05, 4.69) is 5.32 Å². The Balaban J connectivity index is 2.11. The van der Waals surface area contributed by atoms with Crippen molar-refractivity contribution in [1.82, 2.24) is 15.1 Å². The summed E-state index contributed by atoms with van der Waals surface area (Å²) in [6.45, 7) is 7.24. The lowest BCUT2D eigenvalue weighted by Crippen LogP contribution is -2.57. The van der Waals surface area contributed by atoms with Crippen LogP contribution < -0.4 is 14.8 Å². The Kier molecular flexibility index (Phi) is 7.25. The lowest BCUT2D eigenvalue weighted by Gasteiger charge is -2.37. The topological polar surface area (TPSA) is 88.2 Å². The van der Waals surface area contributed by atoms with Crippen molar-refractivity contribution in [3.63, 3.8) is 0 Å². The SMILES string of the molecule is COc1cc(OC)cc(C(=O)NC(C(=O)N2CCN(C(C)=O)CC2)C(C)C)c1. The minimum absolute atomic E-state index is 0.00721. The van der Waals surface area contributed by atoms with Gasteiger partial charge in [-0.2, -0.15) is 0 Å². The van der Waals surface area contributed by atoms with Crippen LogP contribution in [0.1, 0.15) is 31.1 Å². The molecule has 1 aliphatic rings. The van der Waals surface area contributed by atoms with E-state index in [0.717, 1.165) is 0 Å². The van der Waals surface area contributed by atoms with Gasteiger partial charge in [-0.15, -0.1) is 0 Å². The maximum absolute atomic E-state index is 13.0. The van der Waals surface area contributed by atoms with Crippen LogP contribution in [0.25, 0.3) is 0 Å². The van der Waals surface area contributed by atoms with E-state index in [0.29, 0.717) is 43.2 Å². The average Bonchev–Trinajstić information content (AvgIpc) is 2.70. The Hall–Kier alpha value is -2.77. The highest BCUT2D eigenvalue weighted by Gasteiger charge is 2.31. The quantitative estimate of drug-likeness (QED) is 0.786. The molecule has 3 amide bonds. The first kappa shape index (κ1) is 21.5. The van der Waals surface area contributed by atoms with Crippen LogP contribution >= 0.6 is 0 Å². The summed E-state index contributed by atoms with van der Waals surface area (Å²) >= 11 is 0. The molecule has 0 saturated carbocycles. The van der Waals surface area contributed by atoms with Gasteiger partial charge in [0.1, 0.15) is 17.5 Å². The third-order valence-electron chi connectivity index (χ3n) is 4.87. The van der Waals surface area contributed by atoms with Gasteiger partial charge in [0.05, 0.1) is 14.2 Å². The molecule has 1 heterocycles. The van der Waals surface area contributed by atoms with Crippen LogP contribution in [0, 0.1) is 5.92 Å². The van der Waals surface area contributed by atoms with Crippen LogP contribution in [-0.2, 0) is 9.59 Å². The van der Waals surface area contributed by atoms with Gasteiger partial charge < -0.3 is 24.6 Å². The van der Waals surface area contributed by atoms with Gasteiger partial charge in [-0.05, 0) is 18.1 Å². The number of nitrogens with zero attached hydrogens (tertiary/aromatic N) is 2. The van der Waals surface area contributed by atoms with Crippen molar-refractivity contribution in [1.29, 1.82) is 0 Å². The van der Waals surface area contributed by atoms with Gasteiger partial charge in [0.15, 0.2) is 0 Å². The van der Waals surface area contributed by atoms with E-state index < -0.39 is 6.04 Å². The van der Waals surface area contributed by atoms with Crippen LogP contribution in [0.4, 0.5) is 0 Å². The van der Waals surface area contributed by atoms with E-state index >= 15 is 0 Å². The predicted molar refractivity (Wildman–Crippen MR) is 104 cm³/mol. The number of piperazine rings is 1. The fraction of sp³-hybridized carbons (Fsp3) is 0.550. The zero-order valence-corrected chi connectivity index (χ0v) is 17.2. The molecule has 1 aliphatic heterocycles. The number of carbonyl (C=O) groups excluding carboxylic acids is 3. The first-order valence-electron chi connectivity index (χ1n) is 9.35. The molecule has 2 rings (SSSR count). The van der Waals surface area contributed by atoms with Crippen LogP contribution in [0.15, 0.2) is 18.2 Å². The lowest BCUT2D eigenvalue weighted by atomic mass is 10.0. The second kappa shape index (κ2) is 9.43. The Morgan fingerprint density at radius 3 is 1.86 bits per heavy atom. The molecule has 0 radical (unpaired) electrons. The Bertz CT molecular complexity index is 704. The summed E-state index contributed by atoms with van der Waals surface area (Å²) in [4.78, 5) is 40.7. The maximum Gasteiger partial charge on any atom is 0.252 e. The molecule has 154 valence electrons. The number of amides is 3. The molecule has 1 aromatic rings. The zero-order valence-electron chi connectivity index (χ0n) is 17.2. The zero-order chi connectivity index (χ0) is 20.8. The molecule has 28 heavy (non-hydrogen) atoms. The molecule has 1 atom stereocenters. The average molecular weight is 391 g/mol. The van der Waals surface area contributed by atoms with Gasteiger partial charge in [-0.3, -0.25) is 14.4 Å². The normalized spacial score (nSPS) is 15.2. The van der Waals surface area contributed by atoms with Crippen molar-refractivity contribution in [3.8, 4) is 11.5 Å². The molecule has 0 bridgehead atoms. The molecule has 8 heteroatoms. The van der Waals surface area contributed by atoms with Crippen LogP contribution in [0.2, 0.25) is 0 Å². The van der Waals surface area contributed by atoms with E-state index in [1.54, 1.807) is 28.0 Å². The van der Waals surface area contributed by atoms with Crippen molar-refractivity contribution in [2.45, 2.75) is 26.8 Å². The molecule has 1 fully saturated rings. The predicted octanol–water partition coefficient (Wildman–Crippen LogP) is 1.15. The standard InChI is InChI=1S/C20H29N3O5/c1-13(2)18(20(26)23-8-6-22(7-9-23)14(3)24)21-19(25)15-10-16(27-4)12-17(11-15)28-5/h10-13,18H,6-9H2,1-5H3,(H,21,25). The van der Waals surface area contributed by atoms with E-state index in [1.807, 2.05) is 13.8 Å². The van der Waals surface area contributed by atoms with Gasteiger partial charge in [0.2, 0.25) is 11.8 Å². The fourth-order valence-corrected chi connectivity index (χ4v) is 3.12. The van der Waals surface area contributed by atoms with Gasteiger partial charge >= 0.3 is 0 Å². The van der Waals surface area contributed by atoms with E-state index in [9.17, 15) is 14.4 Å². The van der Waals surface area contributed by atoms with Crippen molar-refractivity contribution >= 4 is 17.7 Å². The van der Waals surface area contributed by atoms with Crippen molar-refractivity contribution in [2.75, 3.05) is 40.4 Å². The highest BCUT2D eigenvalue weighted by Crippen LogP contribution is 2.23. The number of rotatable bonds is 6. The molecule has 0 aromatic heterocycles. The van der Waals surface area contributed by atoms with Gasteiger partial charge in [-0.1, -0.05) is 13.8 Å². The molecule has 8 nitrogen and oxygen atoms in total. The van der Waals surface area contributed by atoms with Crippen molar-refractivity contribution in [3.05, 3.63) is 23.8 Å². The third-order valence-corrected chi connectivity index (χ3v) is 4.87. The third kappa shape index (κ3) is 5.15. The summed E-state index contributed by atoms with van der Waals surface area (Å²) < 4.78 is 10.4. The number of hydrogen-bond acceptors (Lipinski definition) is 5. The van der Waals surface area contributed by atoms with Gasteiger partial charge in [-0.25, -0.2) is 0 Å². The number of ether oxygens (including phenoxy) is 2. The summed E-state index contributed by atoms with van der Waals surface area (Å²) in [5.41, 5.74) is 0.357. The molecular formula is C20H29N3O5. The summed E-state index contributed by atoms with van der Waals surface area (Å²) in [7, 11) is 3.02. The number of carbonyl (C=O) groups is 3. The second-order valence-corrected chi connectivity index (χ2v) is 7.13. The number of benzene rings is 1. The van der Waals surface area contributed by atoms with Crippen molar-refractivity contribution in [2.24, 2.45) is 5.92 Å². The molecule has 1 N–H and O–H groups in total. The maximum atomic E-state index is 13.0. The van der Waals surface area contributed by atoms with Crippen LogP contribution in [0.5, 0.6) is 11.5 Å². The Morgan fingerprint density at radius 2 is 1.43 bits per heavy atom. The minimum Gasteiger partial charge on any atom is -0.497 e. The number of methoxy groups -OCH3 is 2. The summed E-state index contributed by atoms with van der Waals surface area (Å²) in [6, 6.07) is 4.22. The molecule has 0 spiro atoms. The van der Waals surface area contributed by atoms with Gasteiger partial charge in [0, 0.05) is 44.7 Å². The molecule has 1 saturated heterocycles. The largest absolute Gasteiger partial charge is 0.497 e. The van der Waals surface area contributed by atoms with Crippen molar-refractivity contribution < 1.29 is 23.9 Å². The summed E-state index contributed by atoms with van der Waals surface area (Å²) in [5.74, 6) is 0.408. The summed E-state index contributed by atoms with van der Waals surface area (Å²) in [6.07, 6.45) is 0. The number of hydrogen-bond donors (Lipinski definition) is 1. The molecule has 1 aromatic carbocycles. The first-order valence-corrected chi connectivity index (χ1v) is 9.35. The van der Waals surface area contributed by atoms with E-state index in [1.165, 1.54) is 21.1 Å².